The fourth-order valence-electron chi connectivity index (χ4n) is 2.29. The molecule has 0 aliphatic rings. The minimum Gasteiger partial charge on any atom is -0.494 e. The summed E-state index contributed by atoms with van der Waals surface area (Å²) in [5.41, 5.74) is 1.83. The second-order valence-corrected chi connectivity index (χ2v) is 4.82. The molecule has 1 atom stereocenters. The first-order chi connectivity index (χ1) is 10.2. The molecular weight excluding hydrogens is 262 g/mol. The van der Waals surface area contributed by atoms with Crippen LogP contribution in [-0.4, -0.2) is 12.5 Å². The van der Waals surface area contributed by atoms with Crippen LogP contribution >= 0.6 is 0 Å². The van der Waals surface area contributed by atoms with Crippen molar-refractivity contribution in [3.63, 3.8) is 0 Å². The molecule has 3 nitrogen and oxygen atoms in total. The highest BCUT2D eigenvalue weighted by atomic mass is 16.5. The molecule has 0 aliphatic heterocycles. The Morgan fingerprint density at radius 1 is 1.05 bits per heavy atom. The number of anilines is 1. The van der Waals surface area contributed by atoms with E-state index in [4.69, 9.17) is 4.74 Å². The van der Waals surface area contributed by atoms with Gasteiger partial charge in [-0.1, -0.05) is 37.3 Å². The number of amides is 1. The Hall–Kier alpha value is -2.29. The third kappa shape index (κ3) is 4.09. The lowest BCUT2D eigenvalue weighted by atomic mass is 9.95. The topological polar surface area (TPSA) is 38.3 Å². The third-order valence-electron chi connectivity index (χ3n) is 3.36. The molecule has 2 rings (SSSR count). The van der Waals surface area contributed by atoms with E-state index in [0.717, 1.165) is 23.4 Å². The van der Waals surface area contributed by atoms with Gasteiger partial charge in [-0.15, -0.1) is 0 Å². The van der Waals surface area contributed by atoms with E-state index in [9.17, 15) is 4.79 Å². The average Bonchev–Trinajstić information content (AvgIpc) is 2.51. The predicted molar refractivity (Wildman–Crippen MR) is 85.7 cm³/mol. The lowest BCUT2D eigenvalue weighted by Crippen LogP contribution is -2.20. The molecule has 0 aromatic heterocycles. The van der Waals surface area contributed by atoms with Crippen LogP contribution in [0.4, 0.5) is 5.69 Å². The van der Waals surface area contributed by atoms with Crippen molar-refractivity contribution >= 4 is 11.6 Å². The predicted octanol–water partition coefficient (Wildman–Crippen LogP) is 4.22. The van der Waals surface area contributed by atoms with Gasteiger partial charge >= 0.3 is 0 Å². The first-order valence-electron chi connectivity index (χ1n) is 7.33. The van der Waals surface area contributed by atoms with Gasteiger partial charge in [0.2, 0.25) is 5.91 Å². The van der Waals surface area contributed by atoms with E-state index in [1.807, 2.05) is 68.4 Å². The maximum absolute atomic E-state index is 12.4. The highest BCUT2D eigenvalue weighted by molar-refractivity contribution is 5.95. The Kier molecular flexibility index (Phi) is 5.38. The first-order valence-corrected chi connectivity index (χ1v) is 7.33. The van der Waals surface area contributed by atoms with Gasteiger partial charge in [-0.25, -0.2) is 0 Å². The summed E-state index contributed by atoms with van der Waals surface area (Å²) >= 11 is 0. The number of nitrogens with one attached hydrogen (secondary N) is 1. The quantitative estimate of drug-likeness (QED) is 0.862. The summed E-state index contributed by atoms with van der Waals surface area (Å²) < 4.78 is 5.39. The van der Waals surface area contributed by atoms with E-state index < -0.39 is 0 Å². The Balaban J connectivity index is 2.05. The molecule has 0 spiro atoms. The molecule has 0 aliphatic carbocycles. The van der Waals surface area contributed by atoms with Crippen molar-refractivity contribution < 1.29 is 9.53 Å². The smallest absolute Gasteiger partial charge is 0.231 e. The number of hydrogen-bond donors (Lipinski definition) is 1. The third-order valence-corrected chi connectivity index (χ3v) is 3.36. The molecule has 0 saturated carbocycles. The van der Waals surface area contributed by atoms with Crippen molar-refractivity contribution in [3.8, 4) is 5.75 Å². The largest absolute Gasteiger partial charge is 0.494 e. The van der Waals surface area contributed by atoms with Crippen LogP contribution in [0.2, 0.25) is 0 Å². The lowest BCUT2D eigenvalue weighted by Gasteiger charge is -2.15. The molecule has 1 N–H and O–H groups in total. The van der Waals surface area contributed by atoms with E-state index in [2.05, 4.69) is 5.32 Å². The molecule has 0 radical (unpaired) electrons. The molecule has 110 valence electrons. The fraction of sp³-hybridized carbons (Fsp3) is 0.278. The van der Waals surface area contributed by atoms with Gasteiger partial charge in [0.15, 0.2) is 0 Å². The number of benzene rings is 2. The molecule has 2 aromatic carbocycles. The lowest BCUT2D eigenvalue weighted by molar-refractivity contribution is -0.117. The van der Waals surface area contributed by atoms with Crippen molar-refractivity contribution in [1.82, 2.24) is 0 Å². The summed E-state index contributed by atoms with van der Waals surface area (Å²) in [5.74, 6) is 0.705. The zero-order chi connectivity index (χ0) is 15.1. The summed E-state index contributed by atoms with van der Waals surface area (Å²) in [6, 6.07) is 17.3. The van der Waals surface area contributed by atoms with Crippen LogP contribution in [0.1, 0.15) is 31.7 Å². The van der Waals surface area contributed by atoms with Crippen LogP contribution in [0.3, 0.4) is 0 Å². The molecular formula is C18H21NO2. The number of ether oxygens (including phenoxy) is 1. The van der Waals surface area contributed by atoms with Crippen molar-refractivity contribution in [2.75, 3.05) is 11.9 Å². The molecule has 2 aromatic rings. The van der Waals surface area contributed by atoms with Crippen LogP contribution in [0.5, 0.6) is 5.75 Å². The summed E-state index contributed by atoms with van der Waals surface area (Å²) in [7, 11) is 0. The summed E-state index contributed by atoms with van der Waals surface area (Å²) in [6.45, 7) is 4.61. The van der Waals surface area contributed by atoms with Crippen LogP contribution in [0, 0.1) is 0 Å². The number of rotatable bonds is 6. The molecule has 0 fully saturated rings. The van der Waals surface area contributed by atoms with Crippen molar-refractivity contribution in [2.45, 2.75) is 26.2 Å². The number of hydrogen-bond acceptors (Lipinski definition) is 2. The van der Waals surface area contributed by atoms with E-state index >= 15 is 0 Å². The maximum Gasteiger partial charge on any atom is 0.231 e. The highest BCUT2D eigenvalue weighted by Crippen LogP contribution is 2.22. The zero-order valence-electron chi connectivity index (χ0n) is 12.5. The minimum atomic E-state index is -0.127. The Labute approximate surface area is 126 Å². The molecule has 3 heteroatoms. The zero-order valence-corrected chi connectivity index (χ0v) is 12.5. The van der Waals surface area contributed by atoms with Gasteiger partial charge in [0, 0.05) is 5.69 Å². The van der Waals surface area contributed by atoms with Gasteiger partial charge in [0.25, 0.3) is 0 Å². The average molecular weight is 283 g/mol. The van der Waals surface area contributed by atoms with E-state index in [1.54, 1.807) is 0 Å². The number of carbonyl (C=O) groups is 1. The molecule has 0 unspecified atom stereocenters. The molecule has 0 heterocycles. The highest BCUT2D eigenvalue weighted by Gasteiger charge is 2.18. The Morgan fingerprint density at radius 2 is 1.71 bits per heavy atom. The van der Waals surface area contributed by atoms with Gasteiger partial charge in [-0.3, -0.25) is 4.79 Å². The Morgan fingerprint density at radius 3 is 2.29 bits per heavy atom. The number of carbonyl (C=O) groups excluding carboxylic acids is 1. The van der Waals surface area contributed by atoms with Crippen molar-refractivity contribution in [2.24, 2.45) is 0 Å². The molecule has 0 saturated heterocycles. The van der Waals surface area contributed by atoms with Gasteiger partial charge in [0.1, 0.15) is 5.75 Å². The molecule has 0 bridgehead atoms. The van der Waals surface area contributed by atoms with Crippen LogP contribution in [-0.2, 0) is 4.79 Å². The summed E-state index contributed by atoms with van der Waals surface area (Å²) in [5, 5.41) is 2.97. The van der Waals surface area contributed by atoms with E-state index in [-0.39, 0.29) is 11.8 Å². The van der Waals surface area contributed by atoms with Crippen LogP contribution in [0.15, 0.2) is 54.6 Å². The fourth-order valence-corrected chi connectivity index (χ4v) is 2.29. The summed E-state index contributed by atoms with van der Waals surface area (Å²) in [4.78, 5) is 12.4. The second-order valence-electron chi connectivity index (χ2n) is 4.82. The summed E-state index contributed by atoms with van der Waals surface area (Å²) in [6.07, 6.45) is 0.771. The molecule has 21 heavy (non-hydrogen) atoms. The van der Waals surface area contributed by atoms with Gasteiger partial charge in [-0.2, -0.15) is 0 Å². The van der Waals surface area contributed by atoms with Crippen LogP contribution < -0.4 is 10.1 Å². The SMILES string of the molecule is CCOc1ccc(NC(=O)[C@@H](CC)c2ccccc2)cc1. The normalized spacial score (nSPS) is 11.7. The minimum absolute atomic E-state index is 0.0212. The monoisotopic (exact) mass is 283 g/mol. The molecule has 1 amide bonds. The first kappa shape index (κ1) is 15.1. The maximum atomic E-state index is 12.4. The van der Waals surface area contributed by atoms with Crippen LogP contribution in [0.25, 0.3) is 0 Å². The Bertz CT molecular complexity index is 564. The van der Waals surface area contributed by atoms with E-state index in [0.29, 0.717) is 6.61 Å². The van der Waals surface area contributed by atoms with Gasteiger partial charge < -0.3 is 10.1 Å². The standard InChI is InChI=1S/C18H21NO2/c1-3-17(14-8-6-5-7-9-14)18(20)19-15-10-12-16(13-11-15)21-4-2/h5-13,17H,3-4H2,1-2H3,(H,19,20)/t17-/m0/s1. The van der Waals surface area contributed by atoms with Gasteiger partial charge in [0.05, 0.1) is 12.5 Å². The van der Waals surface area contributed by atoms with E-state index in [1.165, 1.54) is 0 Å². The van der Waals surface area contributed by atoms with Crippen molar-refractivity contribution in [3.05, 3.63) is 60.2 Å². The van der Waals surface area contributed by atoms with Crippen molar-refractivity contribution in [1.29, 1.82) is 0 Å². The second kappa shape index (κ2) is 7.48. The van der Waals surface area contributed by atoms with Gasteiger partial charge in [-0.05, 0) is 43.2 Å².